The van der Waals surface area contributed by atoms with E-state index in [2.05, 4.69) is 33.8 Å². The van der Waals surface area contributed by atoms with Gasteiger partial charge in [-0.15, -0.1) is 0 Å². The average Bonchev–Trinajstić information content (AvgIpc) is 0.951. The normalized spacial score (nSPS) is 8.56. The van der Waals surface area contributed by atoms with E-state index in [-0.39, 0.29) is 158 Å². The number of urea groups is 1. The Kier molecular flexibility index (Phi) is 171. The Labute approximate surface area is 629 Å². The Bertz CT molecular complexity index is 1850. The van der Waals surface area contributed by atoms with Gasteiger partial charge < -0.3 is 43.5 Å². The molecule has 101 heavy (non-hydrogen) atoms. The molecule has 0 radical (unpaired) electrons. The number of unbranched alkanes of at least 4 members (excludes halogenated alkanes) is 3. The Morgan fingerprint density at radius 3 is 0.980 bits per heavy atom. The van der Waals surface area contributed by atoms with Crippen LogP contribution in [0.3, 0.4) is 0 Å². The maximum absolute atomic E-state index is 11.5. The van der Waals surface area contributed by atoms with E-state index in [1.807, 2.05) is 71.5 Å². The van der Waals surface area contributed by atoms with Gasteiger partial charge in [-0.2, -0.15) is 0 Å². The molecule has 0 aromatic heterocycles. The van der Waals surface area contributed by atoms with Crippen LogP contribution in [0.4, 0.5) is 9.59 Å². The van der Waals surface area contributed by atoms with Crippen molar-refractivity contribution in [2.24, 2.45) is 0 Å². The van der Waals surface area contributed by atoms with Gasteiger partial charge >= 0.3 is 12.1 Å². The minimum Gasteiger partial charge on any atom is -0.449 e. The van der Waals surface area contributed by atoms with Crippen LogP contribution < -0.4 is 0 Å². The van der Waals surface area contributed by atoms with E-state index in [1.54, 1.807) is 93.8 Å². The van der Waals surface area contributed by atoms with Crippen LogP contribution in [0.2, 0.25) is 0 Å². The summed E-state index contributed by atoms with van der Waals surface area (Å²) in [5.41, 5.74) is 0. The molecule has 0 spiro atoms. The molecule has 0 atom stereocenters. The third kappa shape index (κ3) is 163. The first-order chi connectivity index (χ1) is 42.4. The molecule has 0 bridgehead atoms. The van der Waals surface area contributed by atoms with Gasteiger partial charge in [-0.3, -0.25) is 53.0 Å². The lowest BCUT2D eigenvalue weighted by atomic mass is 10.2. The lowest BCUT2D eigenvalue weighted by molar-refractivity contribution is -0.133. The van der Waals surface area contributed by atoms with Crippen molar-refractivity contribution < 1.29 is 71.7 Å². The summed E-state index contributed by atoms with van der Waals surface area (Å²) in [5.74, 6) is 1.39. The standard InChI is InChI=1S/C9H18N2O2.C8H15NO3.C8H15NO2.C8H14O.C7H15NO2.C7H15NO.C6H13NO.C6H12O2.C5H10O.C5H12.10CH4/c1-5-6-10(3)9(13)11(4)7-8(2)12;1-4-5-12-8(11)9(3)6-7(2)10;1-4-5-8(11)9(3)6-7(2)10;1-3-4-5-6-7-8(2)9;1-7(9)6-8(2)4-5-10-3;1-4-5-8(3)6-7(2)9;1-4-5-6(8)7(2)3;1-3-8-5-4-6(2)7;1-3-4-5(2)6;1-3-5-4-2;;;;;;;;;;/h5-7H2,1-4H3;4-6H2,1-3H3;4-6H2,1-3H3;5-6H,3-4,7H2,1-2H3;4-6H2,1-3H3;4-6H2,1-3H3;4-5H2,1-3H3;3-5H2,1-2H3;3-4H2,1-2H3;3-5H2,1-2H3;10*1H4. The van der Waals surface area contributed by atoms with Crippen LogP contribution in [-0.2, 0) is 62.2 Å². The Morgan fingerprint density at radius 1 is 0.327 bits per heavy atom. The van der Waals surface area contributed by atoms with Gasteiger partial charge in [0.25, 0.3) is 0 Å². The number of carbonyl (C=O) groups excluding carboxylic acids is 12. The highest BCUT2D eigenvalue weighted by molar-refractivity contribution is 5.85. The molecule has 0 N–H and O–H groups in total. The summed E-state index contributed by atoms with van der Waals surface area (Å²) in [4.78, 5) is 139. The van der Waals surface area contributed by atoms with Crippen molar-refractivity contribution in [1.29, 1.82) is 0 Å². The van der Waals surface area contributed by atoms with Crippen molar-refractivity contribution in [2.45, 2.75) is 302 Å². The molecule has 0 aliphatic carbocycles. The van der Waals surface area contributed by atoms with E-state index in [9.17, 15) is 57.5 Å². The summed E-state index contributed by atoms with van der Waals surface area (Å²) < 4.78 is 14.6. The Morgan fingerprint density at radius 2 is 0.703 bits per heavy atom. The van der Waals surface area contributed by atoms with Crippen LogP contribution >= 0.6 is 0 Å². The van der Waals surface area contributed by atoms with Gasteiger partial charge in [-0.05, 0) is 128 Å². The number of carbonyl (C=O) groups is 12. The van der Waals surface area contributed by atoms with Crippen molar-refractivity contribution in [3.63, 3.8) is 0 Å². The number of likely N-dealkylation sites (N-methyl/N-ethyl adjacent to an activating group) is 5. The summed E-state index contributed by atoms with van der Waals surface area (Å²) in [5, 5.41) is 0. The van der Waals surface area contributed by atoms with Crippen molar-refractivity contribution in [2.75, 3.05) is 142 Å². The second-order valence-electron chi connectivity index (χ2n) is 22.2. The minimum absolute atomic E-state index is 0. The second kappa shape index (κ2) is 116. The zero-order valence-electron chi connectivity index (χ0n) is 63.2. The fourth-order valence-electron chi connectivity index (χ4n) is 6.23. The summed E-state index contributed by atoms with van der Waals surface area (Å²) >= 11 is 0. The summed E-state index contributed by atoms with van der Waals surface area (Å²) in [6, 6.07) is -0.1000. The molecule has 0 fully saturated rings. The van der Waals surface area contributed by atoms with E-state index in [0.29, 0.717) is 65.2 Å². The lowest BCUT2D eigenvalue weighted by Gasteiger charge is -2.23. The number of Topliss-reactive ketones (excluding diaryl/α,β-unsaturated/α-hetero) is 8. The van der Waals surface area contributed by atoms with Crippen LogP contribution in [0, 0.1) is 0 Å². The molecule has 0 saturated heterocycles. The van der Waals surface area contributed by atoms with Gasteiger partial charge in [-0.1, -0.05) is 174 Å². The van der Waals surface area contributed by atoms with E-state index in [4.69, 9.17) is 14.2 Å². The topological polar surface area (TPSA) is 255 Å². The highest BCUT2D eigenvalue weighted by atomic mass is 16.6. The molecule has 0 aromatic rings. The number of hydrogen-bond acceptors (Lipinski definition) is 17. The fourth-order valence-corrected chi connectivity index (χ4v) is 6.23. The molecule has 0 aromatic carbocycles. The van der Waals surface area contributed by atoms with Gasteiger partial charge in [0.15, 0.2) is 0 Å². The number of methoxy groups -OCH3 is 1. The first-order valence-electron chi connectivity index (χ1n) is 32.7. The van der Waals surface area contributed by atoms with Crippen LogP contribution in [0.15, 0.2) is 12.2 Å². The monoisotopic (exact) mass is 1470 g/mol. The van der Waals surface area contributed by atoms with Crippen molar-refractivity contribution in [3.05, 3.63) is 12.2 Å². The molecule has 0 saturated carbocycles. The van der Waals surface area contributed by atoms with Crippen molar-refractivity contribution in [1.82, 2.24) is 34.3 Å². The number of hydrogen-bond donors (Lipinski definition) is 0. The second-order valence-corrected chi connectivity index (χ2v) is 22.2. The highest BCUT2D eigenvalue weighted by Gasteiger charge is 2.14. The molecular weight excluding hydrogens is 1290 g/mol. The van der Waals surface area contributed by atoms with E-state index in [1.165, 1.54) is 54.7 Å². The fraction of sp³-hybridized carbons (Fsp3) is 0.823. The van der Waals surface area contributed by atoms with Crippen LogP contribution in [0.25, 0.3) is 0 Å². The van der Waals surface area contributed by atoms with E-state index < -0.39 is 6.09 Å². The Hall–Kier alpha value is -5.58. The summed E-state index contributed by atoms with van der Waals surface area (Å²) in [6.07, 6.45) is 18.6. The van der Waals surface area contributed by atoms with Crippen LogP contribution in [0.5, 0.6) is 0 Å². The van der Waals surface area contributed by atoms with Crippen molar-refractivity contribution in [3.8, 4) is 0 Å². The number of ether oxygens (including phenoxy) is 3. The van der Waals surface area contributed by atoms with Gasteiger partial charge in [0.05, 0.1) is 52.5 Å². The molecule has 22 heteroatoms. The molecule has 22 nitrogen and oxygen atoms in total. The smallest absolute Gasteiger partial charge is 0.409 e. The van der Waals surface area contributed by atoms with Gasteiger partial charge in [0.1, 0.15) is 46.3 Å². The minimum atomic E-state index is -0.438. The maximum atomic E-state index is 11.5. The van der Waals surface area contributed by atoms with E-state index >= 15 is 0 Å². The quantitative estimate of drug-likeness (QED) is 0.0422. The highest BCUT2D eigenvalue weighted by Crippen LogP contribution is 1.98. The third-order valence-corrected chi connectivity index (χ3v) is 10.6. The lowest BCUT2D eigenvalue weighted by Crippen LogP contribution is -2.41. The molecule has 0 rings (SSSR count). The molecule has 0 heterocycles. The third-order valence-electron chi connectivity index (χ3n) is 10.6. The molecule has 0 unspecified atom stereocenters. The predicted molar refractivity (Wildman–Crippen MR) is 441 cm³/mol. The number of allylic oxidation sites excluding steroid dienone is 2. The van der Waals surface area contributed by atoms with Gasteiger partial charge in [0, 0.05) is 101 Å². The number of rotatable bonds is 35. The number of nitrogens with zero attached hydrogens (tertiary/aromatic N) is 7. The molecule has 0 aliphatic rings. The summed E-state index contributed by atoms with van der Waals surface area (Å²) in [6.45, 7) is 39.4. The van der Waals surface area contributed by atoms with Gasteiger partial charge in [-0.25, -0.2) is 9.59 Å². The average molecular weight is 1470 g/mol. The zero-order chi connectivity index (χ0) is 73.3. The molecule has 620 valence electrons. The SMILES string of the molecule is C.C.C.C.C.C.C.C.C.C.CCCC(=O)N(C)C.CCCC(=O)N(C)CC(C)=O.CCCC(C)=O.CCCC=CCC(C)=O.CCCCC.CCCN(C)C(=O)N(C)CC(C)=O.CCCN(C)CC(C)=O.CCCOC(=O)N(C)CC(C)=O.CCOCCC(C)=O.COCCN(C)CC(C)=O. The van der Waals surface area contributed by atoms with Gasteiger partial charge in [0.2, 0.25) is 11.8 Å². The zero-order valence-corrected chi connectivity index (χ0v) is 63.2. The molecule has 5 amide bonds. The largest absolute Gasteiger partial charge is 0.449 e. The first kappa shape index (κ1) is 150. The van der Waals surface area contributed by atoms with E-state index in [0.717, 1.165) is 77.4 Å². The Balaban J connectivity index is -0.0000000400. The van der Waals surface area contributed by atoms with Crippen molar-refractivity contribution >= 4 is 70.2 Å². The first-order valence-corrected chi connectivity index (χ1v) is 32.7. The predicted octanol–water partition coefficient (Wildman–Crippen LogP) is 18.1. The maximum Gasteiger partial charge on any atom is 0.409 e. The van der Waals surface area contributed by atoms with Crippen LogP contribution in [0.1, 0.15) is 302 Å². The van der Waals surface area contributed by atoms with Crippen LogP contribution in [-0.4, -0.2) is 247 Å². The number of amides is 5. The summed E-state index contributed by atoms with van der Waals surface area (Å²) in [7, 11) is 15.6. The number of ketones is 8. The molecular formula is C79H179N7O15. The molecule has 0 aliphatic heterocycles.